The molecule has 0 unspecified atom stereocenters. The maximum absolute atomic E-state index is 12.0. The number of carbonyl (C=O) groups excluding carboxylic acids is 2. The van der Waals surface area contributed by atoms with E-state index in [0.717, 1.165) is 19.4 Å². The van der Waals surface area contributed by atoms with Gasteiger partial charge in [-0.25, -0.2) is 4.79 Å². The van der Waals surface area contributed by atoms with E-state index in [9.17, 15) is 9.59 Å². The van der Waals surface area contributed by atoms with Gasteiger partial charge in [-0.3, -0.25) is 4.79 Å². The van der Waals surface area contributed by atoms with Crippen molar-refractivity contribution in [2.45, 2.75) is 18.9 Å². The number of hydrogen-bond donors (Lipinski definition) is 1. The highest BCUT2D eigenvalue weighted by atomic mass is 16.5. The van der Waals surface area contributed by atoms with E-state index < -0.39 is 5.97 Å². The highest BCUT2D eigenvalue weighted by Gasteiger charge is 2.17. The summed E-state index contributed by atoms with van der Waals surface area (Å²) in [7, 11) is 2.98. The van der Waals surface area contributed by atoms with Crippen LogP contribution in [0.1, 0.15) is 23.2 Å². The zero-order valence-electron chi connectivity index (χ0n) is 13.3. The van der Waals surface area contributed by atoms with Crippen LogP contribution < -0.4 is 14.8 Å². The lowest BCUT2D eigenvalue weighted by molar-refractivity contribution is -0.124. The lowest BCUT2D eigenvalue weighted by Crippen LogP contribution is -2.34. The lowest BCUT2D eigenvalue weighted by atomic mass is 10.2. The number of methoxy groups -OCH3 is 2. The molecule has 1 amide bonds. The van der Waals surface area contributed by atoms with Crippen molar-refractivity contribution in [2.75, 3.05) is 34.0 Å². The van der Waals surface area contributed by atoms with Gasteiger partial charge in [0.05, 0.1) is 25.9 Å². The summed E-state index contributed by atoms with van der Waals surface area (Å²) >= 11 is 0. The van der Waals surface area contributed by atoms with Crippen molar-refractivity contribution < 1.29 is 28.5 Å². The minimum Gasteiger partial charge on any atom is -0.497 e. The lowest BCUT2D eigenvalue weighted by Gasteiger charge is -2.11. The summed E-state index contributed by atoms with van der Waals surface area (Å²) in [5.41, 5.74) is 0.258. The van der Waals surface area contributed by atoms with Gasteiger partial charge in [-0.15, -0.1) is 0 Å². The standard InChI is InChI=1S/C16H21NO6/c1-20-13-6-11(7-14(8-13)21-2)16(19)23-10-15(18)17-9-12-4-3-5-22-12/h6-8,12H,3-5,9-10H2,1-2H3,(H,17,18)/t12-/m0/s1. The molecule has 1 aliphatic heterocycles. The zero-order valence-corrected chi connectivity index (χ0v) is 13.3. The van der Waals surface area contributed by atoms with Crippen molar-refractivity contribution in [2.24, 2.45) is 0 Å². The average Bonchev–Trinajstić information content (AvgIpc) is 3.10. The molecule has 0 aliphatic carbocycles. The molecule has 7 heteroatoms. The molecule has 0 spiro atoms. The van der Waals surface area contributed by atoms with Gasteiger partial charge in [-0.1, -0.05) is 0 Å². The zero-order chi connectivity index (χ0) is 16.7. The molecule has 0 radical (unpaired) electrons. The Balaban J connectivity index is 1.82. The maximum atomic E-state index is 12.0. The number of esters is 1. The molecule has 1 heterocycles. The molecule has 0 bridgehead atoms. The summed E-state index contributed by atoms with van der Waals surface area (Å²) < 4.78 is 20.6. The van der Waals surface area contributed by atoms with Crippen LogP contribution in [0, 0.1) is 0 Å². The third-order valence-corrected chi connectivity index (χ3v) is 3.47. The van der Waals surface area contributed by atoms with Crippen LogP contribution in [-0.4, -0.2) is 52.0 Å². The molecule has 7 nitrogen and oxygen atoms in total. The first-order valence-corrected chi connectivity index (χ1v) is 7.41. The summed E-state index contributed by atoms with van der Waals surface area (Å²) in [5.74, 6) is -0.0311. The smallest absolute Gasteiger partial charge is 0.338 e. The summed E-state index contributed by atoms with van der Waals surface area (Å²) in [6.07, 6.45) is 1.99. The molecule has 1 N–H and O–H groups in total. The topological polar surface area (TPSA) is 83.1 Å². The van der Waals surface area contributed by atoms with E-state index >= 15 is 0 Å². The van der Waals surface area contributed by atoms with Crippen LogP contribution in [0.5, 0.6) is 11.5 Å². The van der Waals surface area contributed by atoms with Gasteiger partial charge in [-0.05, 0) is 25.0 Å². The normalized spacial score (nSPS) is 16.7. The van der Waals surface area contributed by atoms with Gasteiger partial charge < -0.3 is 24.3 Å². The first-order chi connectivity index (χ1) is 11.1. The Morgan fingerprint density at radius 1 is 1.22 bits per heavy atom. The number of amides is 1. The van der Waals surface area contributed by atoms with Crippen LogP contribution in [0.3, 0.4) is 0 Å². The second kappa shape index (κ2) is 8.38. The van der Waals surface area contributed by atoms with Gasteiger partial charge in [0.25, 0.3) is 5.91 Å². The largest absolute Gasteiger partial charge is 0.497 e. The van der Waals surface area contributed by atoms with Gasteiger partial charge in [0.2, 0.25) is 0 Å². The van der Waals surface area contributed by atoms with E-state index in [1.807, 2.05) is 0 Å². The molecule has 1 aromatic carbocycles. The molecule has 0 aromatic heterocycles. The van der Waals surface area contributed by atoms with Gasteiger partial charge in [0, 0.05) is 19.2 Å². The van der Waals surface area contributed by atoms with E-state index in [1.165, 1.54) is 26.4 Å². The van der Waals surface area contributed by atoms with Crippen molar-refractivity contribution in [1.82, 2.24) is 5.32 Å². The van der Waals surface area contributed by atoms with Crippen LogP contribution in [0.2, 0.25) is 0 Å². The van der Waals surface area contributed by atoms with Gasteiger partial charge >= 0.3 is 5.97 Å². The fourth-order valence-corrected chi connectivity index (χ4v) is 2.22. The van der Waals surface area contributed by atoms with E-state index in [4.69, 9.17) is 18.9 Å². The quantitative estimate of drug-likeness (QED) is 0.758. The minimum atomic E-state index is -0.616. The van der Waals surface area contributed by atoms with Gasteiger partial charge in [0.1, 0.15) is 11.5 Å². The Labute approximate surface area is 134 Å². The van der Waals surface area contributed by atoms with Crippen LogP contribution >= 0.6 is 0 Å². The Morgan fingerprint density at radius 3 is 2.48 bits per heavy atom. The molecule has 1 aromatic rings. The van der Waals surface area contributed by atoms with Crippen molar-refractivity contribution >= 4 is 11.9 Å². The highest BCUT2D eigenvalue weighted by molar-refractivity contribution is 5.92. The molecule has 23 heavy (non-hydrogen) atoms. The number of benzene rings is 1. The minimum absolute atomic E-state index is 0.0531. The molecule has 1 atom stereocenters. The predicted octanol–water partition coefficient (Wildman–Crippen LogP) is 1.16. The monoisotopic (exact) mass is 323 g/mol. The van der Waals surface area contributed by atoms with Crippen LogP contribution in [0.25, 0.3) is 0 Å². The molecule has 0 saturated carbocycles. The molecule has 1 fully saturated rings. The summed E-state index contributed by atoms with van der Waals surface area (Å²) in [4.78, 5) is 23.7. The number of ether oxygens (including phenoxy) is 4. The van der Waals surface area contributed by atoms with Gasteiger partial charge in [0.15, 0.2) is 6.61 Å². The third-order valence-electron chi connectivity index (χ3n) is 3.47. The molecular formula is C16H21NO6. The van der Waals surface area contributed by atoms with E-state index in [0.29, 0.717) is 18.0 Å². The van der Waals surface area contributed by atoms with Crippen molar-refractivity contribution in [1.29, 1.82) is 0 Å². The van der Waals surface area contributed by atoms with E-state index in [-0.39, 0.29) is 24.2 Å². The molecule has 126 valence electrons. The van der Waals surface area contributed by atoms with Crippen LogP contribution in [0.15, 0.2) is 18.2 Å². The second-order valence-corrected chi connectivity index (χ2v) is 5.12. The molecule has 2 rings (SSSR count). The van der Waals surface area contributed by atoms with E-state index in [1.54, 1.807) is 6.07 Å². The number of carbonyl (C=O) groups is 2. The average molecular weight is 323 g/mol. The van der Waals surface area contributed by atoms with Crippen molar-refractivity contribution in [3.63, 3.8) is 0 Å². The SMILES string of the molecule is COc1cc(OC)cc(C(=O)OCC(=O)NC[C@@H]2CCCO2)c1. The van der Waals surface area contributed by atoms with Crippen molar-refractivity contribution in [3.8, 4) is 11.5 Å². The molecule has 1 aliphatic rings. The first-order valence-electron chi connectivity index (χ1n) is 7.41. The Hall–Kier alpha value is -2.28. The fourth-order valence-electron chi connectivity index (χ4n) is 2.22. The summed E-state index contributed by atoms with van der Waals surface area (Å²) in [6.45, 7) is 0.821. The van der Waals surface area contributed by atoms with E-state index in [2.05, 4.69) is 5.32 Å². The summed E-state index contributed by atoms with van der Waals surface area (Å²) in [5, 5.41) is 2.69. The Morgan fingerprint density at radius 2 is 1.91 bits per heavy atom. The van der Waals surface area contributed by atoms with Gasteiger partial charge in [-0.2, -0.15) is 0 Å². The Bertz CT molecular complexity index is 531. The predicted molar refractivity (Wildman–Crippen MR) is 81.8 cm³/mol. The fraction of sp³-hybridized carbons (Fsp3) is 0.500. The van der Waals surface area contributed by atoms with Crippen LogP contribution in [0.4, 0.5) is 0 Å². The third kappa shape index (κ3) is 5.14. The second-order valence-electron chi connectivity index (χ2n) is 5.12. The molecule has 1 saturated heterocycles. The Kier molecular flexibility index (Phi) is 6.22. The van der Waals surface area contributed by atoms with Crippen LogP contribution in [-0.2, 0) is 14.3 Å². The van der Waals surface area contributed by atoms with Crippen molar-refractivity contribution in [3.05, 3.63) is 23.8 Å². The number of nitrogens with one attached hydrogen (secondary N) is 1. The summed E-state index contributed by atoms with van der Waals surface area (Å²) in [6, 6.07) is 4.69. The molecular weight excluding hydrogens is 302 g/mol. The maximum Gasteiger partial charge on any atom is 0.338 e. The first kappa shape index (κ1) is 17.1. The highest BCUT2D eigenvalue weighted by Crippen LogP contribution is 2.22. The number of hydrogen-bond acceptors (Lipinski definition) is 6. The number of rotatable bonds is 7.